The van der Waals surface area contributed by atoms with Gasteiger partial charge in [-0.15, -0.1) is 5.10 Å². The molecule has 1 unspecified atom stereocenters. The van der Waals surface area contributed by atoms with Gasteiger partial charge in [0, 0.05) is 5.56 Å². The zero-order chi connectivity index (χ0) is 26.2. The number of allylic oxidation sites excluding steroid dienone is 1. The lowest BCUT2D eigenvalue weighted by atomic mass is 10.0. The van der Waals surface area contributed by atoms with E-state index >= 15 is 0 Å². The summed E-state index contributed by atoms with van der Waals surface area (Å²) in [6.07, 6.45) is 3.56. The van der Waals surface area contributed by atoms with Crippen molar-refractivity contribution in [3.8, 4) is 28.8 Å². The van der Waals surface area contributed by atoms with E-state index in [0.29, 0.717) is 29.3 Å². The molecule has 3 aromatic carbocycles. The van der Waals surface area contributed by atoms with Crippen molar-refractivity contribution in [3.05, 3.63) is 90.1 Å². The lowest BCUT2D eigenvalue weighted by Crippen LogP contribution is -2.24. The number of rotatable bonds is 9. The van der Waals surface area contributed by atoms with Gasteiger partial charge in [-0.3, -0.25) is 4.79 Å². The number of ether oxygens (including phenoxy) is 2. The van der Waals surface area contributed by atoms with E-state index in [1.165, 1.54) is 4.68 Å². The van der Waals surface area contributed by atoms with Gasteiger partial charge in [0.2, 0.25) is 5.91 Å². The minimum absolute atomic E-state index is 0.241. The number of hydrogen-bond donors (Lipinski definition) is 1. The quantitative estimate of drug-likeness (QED) is 0.240. The third-order valence-corrected chi connectivity index (χ3v) is 5.77. The number of amides is 1. The number of para-hydroxylation sites is 2. The van der Waals surface area contributed by atoms with Crippen LogP contribution >= 0.6 is 0 Å². The van der Waals surface area contributed by atoms with Gasteiger partial charge in [-0.25, -0.2) is 4.68 Å². The molecule has 0 saturated heterocycles. The van der Waals surface area contributed by atoms with Crippen molar-refractivity contribution in [1.29, 1.82) is 5.26 Å². The molecule has 4 rings (SSSR count). The normalized spacial score (nSPS) is 11.9. The van der Waals surface area contributed by atoms with Crippen LogP contribution in [0.25, 0.3) is 22.9 Å². The molecular weight excluding hydrogens is 466 g/mol. The molecule has 4 aromatic rings. The minimum atomic E-state index is -0.590. The van der Waals surface area contributed by atoms with Crippen LogP contribution < -0.4 is 14.8 Å². The van der Waals surface area contributed by atoms with E-state index in [0.717, 1.165) is 22.4 Å². The Kier molecular flexibility index (Phi) is 7.96. The van der Waals surface area contributed by atoms with Gasteiger partial charge >= 0.3 is 0 Å². The number of anilines is 1. The number of nitrogens with one attached hydrogen (secondary N) is 1. The molecule has 0 bridgehead atoms. The molecular formula is C29H27N5O3. The smallest absolute Gasteiger partial charge is 0.249 e. The van der Waals surface area contributed by atoms with Crippen molar-refractivity contribution in [3.63, 3.8) is 0 Å². The fraction of sp³-hybridized carbons (Fsp3) is 0.172. The maximum atomic E-state index is 12.8. The molecule has 0 saturated carbocycles. The first-order valence-corrected chi connectivity index (χ1v) is 11.8. The highest BCUT2D eigenvalue weighted by Gasteiger charge is 2.19. The SMILES string of the molecule is CCOc1ccc(/C=C(\C#N)c2ccc(-c3cn(C(C)C(=O)Nc4ccccc4OC)nn3)cc2)cc1. The van der Waals surface area contributed by atoms with Gasteiger partial charge < -0.3 is 14.8 Å². The molecule has 37 heavy (non-hydrogen) atoms. The summed E-state index contributed by atoms with van der Waals surface area (Å²) in [4.78, 5) is 12.8. The summed E-state index contributed by atoms with van der Waals surface area (Å²) in [5, 5.41) is 21.0. The van der Waals surface area contributed by atoms with Crippen molar-refractivity contribution >= 4 is 23.2 Å². The van der Waals surface area contributed by atoms with E-state index in [-0.39, 0.29) is 5.91 Å². The highest BCUT2D eigenvalue weighted by atomic mass is 16.5. The number of nitrogens with zero attached hydrogens (tertiary/aromatic N) is 4. The second-order valence-corrected chi connectivity index (χ2v) is 8.20. The highest BCUT2D eigenvalue weighted by Crippen LogP contribution is 2.26. The van der Waals surface area contributed by atoms with Crippen LogP contribution in [-0.4, -0.2) is 34.6 Å². The van der Waals surface area contributed by atoms with Crippen molar-refractivity contribution in [2.45, 2.75) is 19.9 Å². The van der Waals surface area contributed by atoms with Gasteiger partial charge in [-0.2, -0.15) is 5.26 Å². The lowest BCUT2D eigenvalue weighted by molar-refractivity contribution is -0.119. The summed E-state index contributed by atoms with van der Waals surface area (Å²) in [6.45, 7) is 4.29. The van der Waals surface area contributed by atoms with Gasteiger partial charge in [0.15, 0.2) is 0 Å². The molecule has 1 N–H and O–H groups in total. The summed E-state index contributed by atoms with van der Waals surface area (Å²) in [5.74, 6) is 1.13. The Labute approximate surface area is 215 Å². The van der Waals surface area contributed by atoms with Gasteiger partial charge in [-0.1, -0.05) is 53.7 Å². The van der Waals surface area contributed by atoms with E-state index in [1.807, 2.05) is 73.7 Å². The molecule has 1 aromatic heterocycles. The summed E-state index contributed by atoms with van der Waals surface area (Å²) >= 11 is 0. The second-order valence-electron chi connectivity index (χ2n) is 8.20. The van der Waals surface area contributed by atoms with Crippen LogP contribution in [0.1, 0.15) is 31.0 Å². The molecule has 0 spiro atoms. The van der Waals surface area contributed by atoms with Crippen LogP contribution in [0.3, 0.4) is 0 Å². The number of carbonyl (C=O) groups is 1. The molecule has 1 heterocycles. The maximum absolute atomic E-state index is 12.8. The lowest BCUT2D eigenvalue weighted by Gasteiger charge is -2.14. The van der Waals surface area contributed by atoms with Gasteiger partial charge in [0.25, 0.3) is 0 Å². The maximum Gasteiger partial charge on any atom is 0.249 e. The average Bonchev–Trinajstić information content (AvgIpc) is 3.43. The van der Waals surface area contributed by atoms with Crippen LogP contribution in [0, 0.1) is 11.3 Å². The largest absolute Gasteiger partial charge is 0.495 e. The Bertz CT molecular complexity index is 1430. The number of benzene rings is 3. The van der Waals surface area contributed by atoms with Crippen LogP contribution in [0.4, 0.5) is 5.69 Å². The van der Waals surface area contributed by atoms with E-state index < -0.39 is 6.04 Å². The average molecular weight is 494 g/mol. The molecule has 8 nitrogen and oxygen atoms in total. The third kappa shape index (κ3) is 6.03. The predicted molar refractivity (Wildman–Crippen MR) is 143 cm³/mol. The standard InChI is InChI=1S/C29H27N5O3/c1-4-37-25-15-9-21(10-16-25)17-24(18-30)22-11-13-23(14-12-22)27-19-34(33-32-27)20(2)29(35)31-26-7-5-6-8-28(26)36-3/h5-17,19-20H,4H2,1-3H3,(H,31,35)/b24-17+. The first-order chi connectivity index (χ1) is 18.0. The summed E-state index contributed by atoms with van der Waals surface area (Å²) < 4.78 is 12.3. The van der Waals surface area contributed by atoms with Crippen molar-refractivity contribution in [2.75, 3.05) is 19.0 Å². The monoisotopic (exact) mass is 493 g/mol. The zero-order valence-electron chi connectivity index (χ0n) is 20.9. The molecule has 186 valence electrons. The Balaban J connectivity index is 1.47. The Hall–Kier alpha value is -4.90. The van der Waals surface area contributed by atoms with Crippen LogP contribution in [0.5, 0.6) is 11.5 Å². The van der Waals surface area contributed by atoms with E-state index in [1.54, 1.807) is 32.4 Å². The number of nitriles is 1. The molecule has 8 heteroatoms. The number of carbonyl (C=O) groups excluding carboxylic acids is 1. The number of aromatic nitrogens is 3. The van der Waals surface area contributed by atoms with Crippen LogP contribution in [0.2, 0.25) is 0 Å². The molecule has 0 radical (unpaired) electrons. The summed E-state index contributed by atoms with van der Waals surface area (Å²) in [7, 11) is 1.55. The summed E-state index contributed by atoms with van der Waals surface area (Å²) in [5.41, 5.74) is 4.28. The molecule has 0 aliphatic carbocycles. The first-order valence-electron chi connectivity index (χ1n) is 11.8. The molecule has 0 aliphatic rings. The minimum Gasteiger partial charge on any atom is -0.495 e. The number of methoxy groups -OCH3 is 1. The van der Waals surface area contributed by atoms with Gasteiger partial charge in [0.05, 0.1) is 37.2 Å². The van der Waals surface area contributed by atoms with Crippen LogP contribution in [0.15, 0.2) is 79.0 Å². The van der Waals surface area contributed by atoms with E-state index in [2.05, 4.69) is 21.7 Å². The first kappa shape index (κ1) is 25.2. The molecule has 1 atom stereocenters. The second kappa shape index (κ2) is 11.7. The van der Waals surface area contributed by atoms with Gasteiger partial charge in [-0.05, 0) is 55.3 Å². The molecule has 1 amide bonds. The van der Waals surface area contributed by atoms with Crippen molar-refractivity contribution in [1.82, 2.24) is 15.0 Å². The van der Waals surface area contributed by atoms with E-state index in [9.17, 15) is 10.1 Å². The predicted octanol–water partition coefficient (Wildman–Crippen LogP) is 5.62. The number of hydrogen-bond acceptors (Lipinski definition) is 6. The zero-order valence-corrected chi connectivity index (χ0v) is 20.9. The molecule has 0 aliphatic heterocycles. The van der Waals surface area contributed by atoms with Crippen LogP contribution in [-0.2, 0) is 4.79 Å². The van der Waals surface area contributed by atoms with Crippen molar-refractivity contribution < 1.29 is 14.3 Å². The Morgan fingerprint density at radius 3 is 2.51 bits per heavy atom. The third-order valence-electron chi connectivity index (χ3n) is 5.77. The summed E-state index contributed by atoms with van der Waals surface area (Å²) in [6, 6.07) is 24.0. The highest BCUT2D eigenvalue weighted by molar-refractivity contribution is 5.94. The Morgan fingerprint density at radius 1 is 1.11 bits per heavy atom. The molecule has 0 fully saturated rings. The van der Waals surface area contributed by atoms with Crippen molar-refractivity contribution in [2.24, 2.45) is 0 Å². The van der Waals surface area contributed by atoms with E-state index in [4.69, 9.17) is 9.47 Å². The topological polar surface area (TPSA) is 102 Å². The fourth-order valence-electron chi connectivity index (χ4n) is 3.70. The fourth-order valence-corrected chi connectivity index (χ4v) is 3.70. The Morgan fingerprint density at radius 2 is 1.84 bits per heavy atom. The van der Waals surface area contributed by atoms with Gasteiger partial charge in [0.1, 0.15) is 23.2 Å².